The van der Waals surface area contributed by atoms with Crippen molar-refractivity contribution in [3.8, 4) is 5.69 Å². The third-order valence-electron chi connectivity index (χ3n) is 2.00. The van der Waals surface area contributed by atoms with E-state index in [9.17, 15) is 9.59 Å². The summed E-state index contributed by atoms with van der Waals surface area (Å²) in [5.41, 5.74) is -0.180. The van der Waals surface area contributed by atoms with Gasteiger partial charge in [0.2, 0.25) is 0 Å². The fourth-order valence-corrected chi connectivity index (χ4v) is 1.31. The summed E-state index contributed by atoms with van der Waals surface area (Å²) in [6, 6.07) is 8.97. The Balaban J connectivity index is 2.75. The SMILES string of the molecule is Cn1c(=O)[nH]c(=O)n1-c1ccccc1. The fourth-order valence-electron chi connectivity index (χ4n) is 1.31. The Labute approximate surface area is 79.2 Å². The molecule has 0 atom stereocenters. The molecular weight excluding hydrogens is 182 g/mol. The number of rotatable bonds is 1. The molecule has 5 nitrogen and oxygen atoms in total. The molecule has 1 aromatic carbocycles. The predicted octanol–water partition coefficient (Wildman–Crippen LogP) is -0.136. The van der Waals surface area contributed by atoms with Gasteiger partial charge in [-0.05, 0) is 12.1 Å². The minimum Gasteiger partial charge on any atom is -0.256 e. The molecule has 0 bridgehead atoms. The van der Waals surface area contributed by atoms with Gasteiger partial charge in [-0.15, -0.1) is 0 Å². The maximum absolute atomic E-state index is 11.3. The molecule has 2 aromatic rings. The fraction of sp³-hybridized carbons (Fsp3) is 0.111. The van der Waals surface area contributed by atoms with E-state index < -0.39 is 11.4 Å². The van der Waals surface area contributed by atoms with Crippen molar-refractivity contribution in [3.63, 3.8) is 0 Å². The third-order valence-corrected chi connectivity index (χ3v) is 2.00. The van der Waals surface area contributed by atoms with Gasteiger partial charge in [-0.1, -0.05) is 18.2 Å². The minimum absolute atomic E-state index is 0.418. The highest BCUT2D eigenvalue weighted by Crippen LogP contribution is 2.00. The molecule has 1 N–H and O–H groups in total. The Kier molecular flexibility index (Phi) is 1.85. The van der Waals surface area contributed by atoms with E-state index in [0.29, 0.717) is 5.69 Å². The van der Waals surface area contributed by atoms with Gasteiger partial charge in [-0.2, -0.15) is 4.68 Å². The second-order valence-electron chi connectivity index (χ2n) is 2.91. The standard InChI is InChI=1S/C9H9N3O2/c1-11-8(13)10-9(14)12(11)7-5-3-2-4-6-7/h2-6H,1H3,(H,10,13,14). The van der Waals surface area contributed by atoms with Crippen molar-refractivity contribution < 1.29 is 0 Å². The largest absolute Gasteiger partial charge is 0.349 e. The van der Waals surface area contributed by atoms with Crippen LogP contribution in [0.25, 0.3) is 5.69 Å². The van der Waals surface area contributed by atoms with E-state index in [2.05, 4.69) is 4.98 Å². The van der Waals surface area contributed by atoms with E-state index in [-0.39, 0.29) is 0 Å². The molecule has 0 amide bonds. The van der Waals surface area contributed by atoms with Crippen molar-refractivity contribution in [1.82, 2.24) is 14.3 Å². The van der Waals surface area contributed by atoms with E-state index in [4.69, 9.17) is 0 Å². The van der Waals surface area contributed by atoms with E-state index in [0.717, 1.165) is 0 Å². The molecule has 0 spiro atoms. The van der Waals surface area contributed by atoms with Crippen LogP contribution in [0.15, 0.2) is 39.9 Å². The molecule has 0 aliphatic carbocycles. The quantitative estimate of drug-likeness (QED) is 0.682. The van der Waals surface area contributed by atoms with Gasteiger partial charge >= 0.3 is 11.4 Å². The first-order valence-corrected chi connectivity index (χ1v) is 4.14. The summed E-state index contributed by atoms with van der Waals surface area (Å²) in [5, 5.41) is 0. The molecule has 0 saturated carbocycles. The molecule has 1 heterocycles. The topological polar surface area (TPSA) is 59.8 Å². The van der Waals surface area contributed by atoms with Gasteiger partial charge in [-0.25, -0.2) is 14.3 Å². The molecule has 0 aliphatic rings. The number of para-hydroxylation sites is 1. The zero-order valence-corrected chi connectivity index (χ0v) is 7.60. The van der Waals surface area contributed by atoms with Crippen molar-refractivity contribution in [3.05, 3.63) is 51.3 Å². The van der Waals surface area contributed by atoms with E-state index in [1.165, 1.54) is 16.4 Å². The van der Waals surface area contributed by atoms with Crippen molar-refractivity contribution in [1.29, 1.82) is 0 Å². The van der Waals surface area contributed by atoms with Crippen LogP contribution in [-0.4, -0.2) is 14.3 Å². The number of aromatic nitrogens is 3. The zero-order valence-electron chi connectivity index (χ0n) is 7.60. The number of hydrogen-bond donors (Lipinski definition) is 1. The lowest BCUT2D eigenvalue weighted by Gasteiger charge is -2.03. The molecule has 5 heteroatoms. The number of nitrogens with one attached hydrogen (secondary N) is 1. The van der Waals surface area contributed by atoms with Gasteiger partial charge in [0.05, 0.1) is 5.69 Å². The molecule has 0 saturated heterocycles. The highest BCUT2D eigenvalue weighted by molar-refractivity contribution is 5.29. The van der Waals surface area contributed by atoms with Crippen molar-refractivity contribution in [2.24, 2.45) is 7.05 Å². The maximum Gasteiger partial charge on any atom is 0.349 e. The summed E-state index contributed by atoms with van der Waals surface area (Å²) in [5.74, 6) is 0. The van der Waals surface area contributed by atoms with Crippen LogP contribution in [0.1, 0.15) is 0 Å². The van der Waals surface area contributed by atoms with Gasteiger partial charge in [0.1, 0.15) is 0 Å². The lowest BCUT2D eigenvalue weighted by Crippen LogP contribution is -2.22. The Morgan fingerprint density at radius 1 is 1.07 bits per heavy atom. The van der Waals surface area contributed by atoms with Crippen molar-refractivity contribution in [2.75, 3.05) is 0 Å². The zero-order chi connectivity index (χ0) is 10.1. The predicted molar refractivity (Wildman–Crippen MR) is 51.6 cm³/mol. The lowest BCUT2D eigenvalue weighted by atomic mass is 10.3. The summed E-state index contributed by atoms with van der Waals surface area (Å²) < 4.78 is 2.51. The van der Waals surface area contributed by atoms with E-state index in [1.807, 2.05) is 6.07 Å². The molecule has 1 aromatic heterocycles. The van der Waals surface area contributed by atoms with Crippen LogP contribution in [0.2, 0.25) is 0 Å². The summed E-state index contributed by atoms with van der Waals surface area (Å²) in [6.07, 6.45) is 0. The molecule has 0 fully saturated rings. The van der Waals surface area contributed by atoms with Gasteiger partial charge < -0.3 is 0 Å². The number of H-pyrrole nitrogens is 1. The third kappa shape index (κ3) is 1.19. The molecule has 2 rings (SSSR count). The molecule has 72 valence electrons. The number of nitrogens with zero attached hydrogens (tertiary/aromatic N) is 2. The number of hydrogen-bond acceptors (Lipinski definition) is 2. The molecule has 14 heavy (non-hydrogen) atoms. The number of aromatic amines is 1. The highest BCUT2D eigenvalue weighted by atomic mass is 16.2. The Morgan fingerprint density at radius 2 is 1.71 bits per heavy atom. The van der Waals surface area contributed by atoms with Crippen LogP contribution in [0.5, 0.6) is 0 Å². The van der Waals surface area contributed by atoms with Crippen LogP contribution in [-0.2, 0) is 7.05 Å². The Morgan fingerprint density at radius 3 is 2.21 bits per heavy atom. The average molecular weight is 191 g/mol. The van der Waals surface area contributed by atoms with Gasteiger partial charge in [0.25, 0.3) is 0 Å². The first kappa shape index (κ1) is 8.55. The van der Waals surface area contributed by atoms with E-state index in [1.54, 1.807) is 24.3 Å². The first-order valence-electron chi connectivity index (χ1n) is 4.14. The van der Waals surface area contributed by atoms with Crippen molar-refractivity contribution >= 4 is 0 Å². The van der Waals surface area contributed by atoms with Crippen LogP contribution in [0.3, 0.4) is 0 Å². The van der Waals surface area contributed by atoms with Gasteiger partial charge in [-0.3, -0.25) is 4.98 Å². The first-order chi connectivity index (χ1) is 6.70. The average Bonchev–Trinajstić information content (AvgIpc) is 2.43. The second kappa shape index (κ2) is 3.02. The molecular formula is C9H9N3O2. The summed E-state index contributed by atoms with van der Waals surface area (Å²) in [4.78, 5) is 24.7. The smallest absolute Gasteiger partial charge is 0.256 e. The van der Waals surface area contributed by atoms with Crippen LogP contribution in [0.4, 0.5) is 0 Å². The molecule has 0 aliphatic heterocycles. The normalized spacial score (nSPS) is 10.4. The Bertz CT molecular complexity index is 547. The van der Waals surface area contributed by atoms with Crippen LogP contribution >= 0.6 is 0 Å². The van der Waals surface area contributed by atoms with Gasteiger partial charge in [0, 0.05) is 7.05 Å². The summed E-state index contributed by atoms with van der Waals surface area (Å²) >= 11 is 0. The van der Waals surface area contributed by atoms with Crippen LogP contribution < -0.4 is 11.4 Å². The van der Waals surface area contributed by atoms with E-state index >= 15 is 0 Å². The van der Waals surface area contributed by atoms with Crippen LogP contribution in [0, 0.1) is 0 Å². The second-order valence-corrected chi connectivity index (χ2v) is 2.91. The Hall–Kier alpha value is -2.04. The monoisotopic (exact) mass is 191 g/mol. The minimum atomic E-state index is -0.427. The highest BCUT2D eigenvalue weighted by Gasteiger charge is 2.05. The molecule has 0 radical (unpaired) electrons. The molecule has 0 unspecified atom stereocenters. The van der Waals surface area contributed by atoms with Crippen molar-refractivity contribution in [2.45, 2.75) is 0 Å². The van der Waals surface area contributed by atoms with Gasteiger partial charge in [0.15, 0.2) is 0 Å². The maximum atomic E-state index is 11.3. The lowest BCUT2D eigenvalue weighted by molar-refractivity contribution is 0.628. The number of benzene rings is 1. The summed E-state index contributed by atoms with van der Waals surface area (Å²) in [7, 11) is 1.53. The summed E-state index contributed by atoms with van der Waals surface area (Å²) in [6.45, 7) is 0.